The van der Waals surface area contributed by atoms with Crippen molar-refractivity contribution in [1.29, 1.82) is 0 Å². The number of carboxylic acid groups (broad SMARTS) is 1. The molecule has 1 N–H and O–H groups in total. The summed E-state index contributed by atoms with van der Waals surface area (Å²) in [6.07, 6.45) is 3.75. The lowest BCUT2D eigenvalue weighted by atomic mass is 9.70. The summed E-state index contributed by atoms with van der Waals surface area (Å²) in [4.78, 5) is 20.0. The Morgan fingerprint density at radius 3 is 2.00 bits per heavy atom. The molecule has 2 rings (SSSR count). The molecule has 4 nitrogen and oxygen atoms in total. The van der Waals surface area contributed by atoms with Gasteiger partial charge >= 0.3 is 5.97 Å². The van der Waals surface area contributed by atoms with Crippen LogP contribution >= 0.6 is 0 Å². The van der Waals surface area contributed by atoms with Gasteiger partial charge in [-0.05, 0) is 30.6 Å². The Balaban J connectivity index is 0.000000357. The second-order valence-electron chi connectivity index (χ2n) is 6.23. The van der Waals surface area contributed by atoms with Crippen LogP contribution in [0, 0.1) is 16.7 Å². The number of ether oxygens (including phenoxy) is 1. The Hall–Kier alpha value is -1.06. The fourth-order valence-electron chi connectivity index (χ4n) is 3.51. The number of hydrogen-bond acceptors (Lipinski definition) is 3. The first-order valence-corrected chi connectivity index (χ1v) is 6.48. The van der Waals surface area contributed by atoms with Crippen LogP contribution in [-0.2, 0) is 14.3 Å². The quantitative estimate of drug-likeness (QED) is 0.733. The number of esters is 1. The molecule has 18 heavy (non-hydrogen) atoms. The highest BCUT2D eigenvalue weighted by molar-refractivity contribution is 5.66. The predicted octanol–water partition coefficient (Wildman–Crippen LogP) is 2.86. The second-order valence-corrected chi connectivity index (χ2v) is 6.23. The largest absolute Gasteiger partial charge is 0.481 e. The van der Waals surface area contributed by atoms with Crippen LogP contribution in [0.3, 0.4) is 0 Å². The van der Waals surface area contributed by atoms with Gasteiger partial charge in [0.15, 0.2) is 0 Å². The van der Waals surface area contributed by atoms with Crippen molar-refractivity contribution in [3.8, 4) is 0 Å². The van der Waals surface area contributed by atoms with Gasteiger partial charge in [0, 0.05) is 19.3 Å². The van der Waals surface area contributed by atoms with Crippen molar-refractivity contribution in [3.63, 3.8) is 0 Å². The fraction of sp³-hybridized carbons (Fsp3) is 0.857. The number of carbonyl (C=O) groups excluding carboxylic acids is 1. The van der Waals surface area contributed by atoms with E-state index in [4.69, 9.17) is 14.6 Å². The third-order valence-electron chi connectivity index (χ3n) is 5.02. The molecule has 0 aliphatic heterocycles. The van der Waals surface area contributed by atoms with E-state index < -0.39 is 5.97 Å². The molecule has 0 aromatic heterocycles. The number of rotatable bonds is 1. The van der Waals surface area contributed by atoms with E-state index in [1.165, 1.54) is 19.8 Å². The molecule has 2 fully saturated rings. The Kier molecular flexibility index (Phi) is 4.08. The van der Waals surface area contributed by atoms with Gasteiger partial charge in [0.1, 0.15) is 6.10 Å². The molecule has 3 unspecified atom stereocenters. The molecule has 2 aliphatic rings. The summed E-state index contributed by atoms with van der Waals surface area (Å²) in [5, 5.41) is 7.42. The van der Waals surface area contributed by atoms with Crippen molar-refractivity contribution in [1.82, 2.24) is 0 Å². The minimum Gasteiger partial charge on any atom is -0.481 e. The molecule has 0 aromatic rings. The van der Waals surface area contributed by atoms with Crippen LogP contribution in [0.4, 0.5) is 0 Å². The molecule has 0 heterocycles. The highest BCUT2D eigenvalue weighted by atomic mass is 16.5. The molecule has 4 heteroatoms. The number of carboxylic acids is 1. The molecule has 0 radical (unpaired) electrons. The van der Waals surface area contributed by atoms with E-state index in [0.717, 1.165) is 19.3 Å². The molecular formula is C14H24O4. The fourth-order valence-corrected chi connectivity index (χ4v) is 3.51. The van der Waals surface area contributed by atoms with E-state index in [1.54, 1.807) is 0 Å². The van der Waals surface area contributed by atoms with Gasteiger partial charge in [0.25, 0.3) is 5.97 Å². The summed E-state index contributed by atoms with van der Waals surface area (Å²) in [5.74, 6) is -0.212. The molecule has 3 atom stereocenters. The molecule has 0 amide bonds. The first-order valence-electron chi connectivity index (χ1n) is 6.48. The summed E-state index contributed by atoms with van der Waals surface area (Å²) < 4.78 is 5.44. The monoisotopic (exact) mass is 256 g/mol. The smallest absolute Gasteiger partial charge is 0.302 e. The van der Waals surface area contributed by atoms with Crippen LogP contribution in [0.25, 0.3) is 0 Å². The third-order valence-corrected chi connectivity index (χ3v) is 5.02. The maximum absolute atomic E-state index is 11.0. The van der Waals surface area contributed by atoms with Crippen molar-refractivity contribution in [3.05, 3.63) is 0 Å². The maximum Gasteiger partial charge on any atom is 0.302 e. The summed E-state index contributed by atoms with van der Waals surface area (Å²) in [6, 6.07) is 0. The summed E-state index contributed by atoms with van der Waals surface area (Å²) in [5.41, 5.74) is 0.552. The van der Waals surface area contributed by atoms with E-state index in [9.17, 15) is 4.79 Å². The van der Waals surface area contributed by atoms with Crippen molar-refractivity contribution >= 4 is 11.9 Å². The lowest BCUT2D eigenvalue weighted by molar-refractivity contribution is -0.154. The van der Waals surface area contributed by atoms with Gasteiger partial charge in [-0.2, -0.15) is 0 Å². The molecule has 2 aliphatic carbocycles. The minimum absolute atomic E-state index is 0.125. The number of carbonyl (C=O) groups is 2. The lowest BCUT2D eigenvalue weighted by Crippen LogP contribution is -2.37. The van der Waals surface area contributed by atoms with E-state index >= 15 is 0 Å². The number of fused-ring (bicyclic) bond motifs is 2. The van der Waals surface area contributed by atoms with Crippen LogP contribution in [0.2, 0.25) is 0 Å². The van der Waals surface area contributed by atoms with E-state index in [0.29, 0.717) is 5.41 Å². The number of aliphatic carboxylic acids is 1. The topological polar surface area (TPSA) is 63.6 Å². The summed E-state index contributed by atoms with van der Waals surface area (Å²) in [7, 11) is 0. The molecule has 0 spiro atoms. The average molecular weight is 256 g/mol. The Bertz CT molecular complexity index is 344. The van der Waals surface area contributed by atoms with Gasteiger partial charge in [-0.3, -0.25) is 9.59 Å². The maximum atomic E-state index is 11.0. The Morgan fingerprint density at radius 1 is 1.22 bits per heavy atom. The van der Waals surface area contributed by atoms with Crippen molar-refractivity contribution < 1.29 is 19.4 Å². The zero-order valence-electron chi connectivity index (χ0n) is 11.9. The van der Waals surface area contributed by atoms with Gasteiger partial charge in [-0.15, -0.1) is 0 Å². The summed E-state index contributed by atoms with van der Waals surface area (Å²) >= 11 is 0. The van der Waals surface area contributed by atoms with E-state index in [2.05, 4.69) is 20.8 Å². The van der Waals surface area contributed by atoms with Crippen LogP contribution in [0.15, 0.2) is 0 Å². The van der Waals surface area contributed by atoms with Gasteiger partial charge in [0.05, 0.1) is 0 Å². The number of hydrogen-bond donors (Lipinski definition) is 1. The van der Waals surface area contributed by atoms with Crippen LogP contribution in [0.5, 0.6) is 0 Å². The molecule has 2 saturated carbocycles. The van der Waals surface area contributed by atoms with E-state index in [1.807, 2.05) is 0 Å². The molecule has 0 aromatic carbocycles. The van der Waals surface area contributed by atoms with Crippen molar-refractivity contribution in [2.75, 3.05) is 0 Å². The molecule has 104 valence electrons. The SMILES string of the molecule is CC(=O)O.CC(=O)OC1CC2CCC1(C)C2(C)C. The second kappa shape index (κ2) is 4.90. The molecule has 0 saturated heterocycles. The third kappa shape index (κ3) is 2.52. The van der Waals surface area contributed by atoms with Crippen molar-refractivity contribution in [2.24, 2.45) is 16.7 Å². The van der Waals surface area contributed by atoms with Gasteiger partial charge < -0.3 is 9.84 Å². The minimum atomic E-state index is -0.833. The lowest BCUT2D eigenvalue weighted by Gasteiger charge is -2.38. The normalized spacial score (nSPS) is 35.6. The van der Waals surface area contributed by atoms with Crippen LogP contribution in [0.1, 0.15) is 53.9 Å². The average Bonchev–Trinajstić information content (AvgIpc) is 2.48. The molecular weight excluding hydrogens is 232 g/mol. The Labute approximate surface area is 109 Å². The highest BCUT2D eigenvalue weighted by Gasteiger charge is 2.62. The highest BCUT2D eigenvalue weighted by Crippen LogP contribution is 2.66. The Morgan fingerprint density at radius 2 is 1.72 bits per heavy atom. The first-order chi connectivity index (χ1) is 8.11. The van der Waals surface area contributed by atoms with Gasteiger partial charge in [-0.25, -0.2) is 0 Å². The van der Waals surface area contributed by atoms with E-state index in [-0.39, 0.29) is 17.5 Å². The standard InChI is InChI=1S/C12H20O2.C2H4O2/c1-8(13)14-10-7-9-5-6-12(10,4)11(9,2)3;1-2(3)4/h9-10H,5-7H2,1-4H3;1H3,(H,3,4). The zero-order chi connectivity index (χ0) is 14.1. The zero-order valence-corrected chi connectivity index (χ0v) is 11.9. The van der Waals surface area contributed by atoms with Gasteiger partial charge in [-0.1, -0.05) is 20.8 Å². The summed E-state index contributed by atoms with van der Waals surface area (Å²) in [6.45, 7) is 9.54. The first kappa shape index (κ1) is 15.0. The van der Waals surface area contributed by atoms with Crippen molar-refractivity contribution in [2.45, 2.75) is 60.0 Å². The predicted molar refractivity (Wildman–Crippen MR) is 68.1 cm³/mol. The van der Waals surface area contributed by atoms with Crippen LogP contribution < -0.4 is 0 Å². The van der Waals surface area contributed by atoms with Crippen LogP contribution in [-0.4, -0.2) is 23.1 Å². The molecule has 2 bridgehead atoms. The van der Waals surface area contributed by atoms with Gasteiger partial charge in [0.2, 0.25) is 0 Å².